The van der Waals surface area contributed by atoms with Gasteiger partial charge in [-0.05, 0) is 44.9 Å². The Kier molecular flexibility index (Phi) is 6.44. The summed E-state index contributed by atoms with van der Waals surface area (Å²) in [5.74, 6) is -0.462. The zero-order valence-corrected chi connectivity index (χ0v) is 20.4. The highest BCUT2D eigenvalue weighted by Crippen LogP contribution is 2.36. The number of rotatable bonds is 6. The molecule has 0 aliphatic rings. The molecule has 0 saturated heterocycles. The van der Waals surface area contributed by atoms with E-state index in [2.05, 4.69) is 10.3 Å². The number of hydrogen-bond acceptors (Lipinski definition) is 7. The number of esters is 1. The Labute approximate surface area is 198 Å². The first-order valence-corrected chi connectivity index (χ1v) is 12.1. The first-order valence-electron chi connectivity index (χ1n) is 10.4. The number of carbonyl (C=O) groups excluding carboxylic acids is 2. The van der Waals surface area contributed by atoms with Crippen molar-refractivity contribution >= 4 is 49.8 Å². The lowest BCUT2D eigenvalue weighted by atomic mass is 10.1. The van der Waals surface area contributed by atoms with Crippen LogP contribution in [0.15, 0.2) is 41.2 Å². The molecule has 4 rings (SSSR count). The van der Waals surface area contributed by atoms with Gasteiger partial charge in [0.05, 0.1) is 17.6 Å². The molecule has 9 heteroatoms. The van der Waals surface area contributed by atoms with Crippen LogP contribution in [-0.4, -0.2) is 28.0 Å². The average molecular weight is 482 g/mol. The molecule has 0 unspecified atom stereocenters. The van der Waals surface area contributed by atoms with Gasteiger partial charge >= 0.3 is 5.97 Å². The van der Waals surface area contributed by atoms with Gasteiger partial charge in [0.25, 0.3) is 5.56 Å². The highest BCUT2D eigenvalue weighted by molar-refractivity contribution is 7.20. The van der Waals surface area contributed by atoms with Gasteiger partial charge in [-0.15, -0.1) is 22.7 Å². The molecule has 0 saturated carbocycles. The molecule has 33 heavy (non-hydrogen) atoms. The van der Waals surface area contributed by atoms with Gasteiger partial charge in [-0.2, -0.15) is 0 Å². The van der Waals surface area contributed by atoms with E-state index in [4.69, 9.17) is 4.74 Å². The summed E-state index contributed by atoms with van der Waals surface area (Å²) in [5, 5.41) is 3.74. The smallest absolute Gasteiger partial charge is 0.341 e. The minimum Gasteiger partial charge on any atom is -0.462 e. The van der Waals surface area contributed by atoms with E-state index in [9.17, 15) is 14.4 Å². The zero-order chi connectivity index (χ0) is 23.7. The van der Waals surface area contributed by atoms with Crippen molar-refractivity contribution in [1.82, 2.24) is 9.55 Å². The second kappa shape index (κ2) is 9.29. The van der Waals surface area contributed by atoms with Gasteiger partial charge < -0.3 is 10.1 Å². The predicted octanol–water partition coefficient (Wildman–Crippen LogP) is 4.93. The highest BCUT2D eigenvalue weighted by atomic mass is 32.1. The molecule has 0 aliphatic carbocycles. The lowest BCUT2D eigenvalue weighted by Gasteiger charge is -2.10. The van der Waals surface area contributed by atoms with E-state index in [1.165, 1.54) is 27.2 Å². The number of fused-ring (bicyclic) bond motifs is 1. The van der Waals surface area contributed by atoms with Crippen molar-refractivity contribution in [1.29, 1.82) is 0 Å². The van der Waals surface area contributed by atoms with Gasteiger partial charge in [0.1, 0.15) is 22.2 Å². The molecular formula is C24H23N3O4S2. The fraction of sp³-hybridized carbons (Fsp3) is 0.250. The fourth-order valence-corrected chi connectivity index (χ4v) is 5.65. The van der Waals surface area contributed by atoms with E-state index in [-0.39, 0.29) is 24.3 Å². The number of ether oxygens (including phenoxy) is 1. The molecule has 7 nitrogen and oxygen atoms in total. The van der Waals surface area contributed by atoms with Crippen molar-refractivity contribution in [2.45, 2.75) is 34.2 Å². The van der Waals surface area contributed by atoms with E-state index in [1.54, 1.807) is 19.9 Å². The lowest BCUT2D eigenvalue weighted by Crippen LogP contribution is -2.30. The molecule has 0 radical (unpaired) electrons. The van der Waals surface area contributed by atoms with Crippen LogP contribution < -0.4 is 10.9 Å². The molecule has 0 aliphatic heterocycles. The van der Waals surface area contributed by atoms with E-state index >= 15 is 0 Å². The fourth-order valence-electron chi connectivity index (χ4n) is 3.51. The minimum absolute atomic E-state index is 0.206. The molecule has 4 aromatic rings. The Bertz CT molecular complexity index is 1420. The Hall–Kier alpha value is -3.30. The molecule has 1 aromatic carbocycles. The van der Waals surface area contributed by atoms with Crippen LogP contribution in [-0.2, 0) is 16.1 Å². The molecule has 3 aromatic heterocycles. The predicted molar refractivity (Wildman–Crippen MR) is 132 cm³/mol. The maximum absolute atomic E-state index is 13.1. The molecule has 1 N–H and O–H groups in total. The van der Waals surface area contributed by atoms with Crippen LogP contribution in [0.1, 0.15) is 33.5 Å². The van der Waals surface area contributed by atoms with Gasteiger partial charge in [-0.3, -0.25) is 14.2 Å². The van der Waals surface area contributed by atoms with Crippen LogP contribution in [0.5, 0.6) is 0 Å². The van der Waals surface area contributed by atoms with Gasteiger partial charge in [0, 0.05) is 9.75 Å². The summed E-state index contributed by atoms with van der Waals surface area (Å²) in [7, 11) is 0. The summed E-state index contributed by atoms with van der Waals surface area (Å²) >= 11 is 2.76. The monoisotopic (exact) mass is 481 g/mol. The van der Waals surface area contributed by atoms with Crippen molar-refractivity contribution in [3.63, 3.8) is 0 Å². The number of aryl methyl sites for hydroxylation is 3. The van der Waals surface area contributed by atoms with Gasteiger partial charge in [0.15, 0.2) is 0 Å². The number of amides is 1. The van der Waals surface area contributed by atoms with Gasteiger partial charge in [-0.1, -0.05) is 30.3 Å². The third kappa shape index (κ3) is 4.46. The maximum atomic E-state index is 13.1. The lowest BCUT2D eigenvalue weighted by molar-refractivity contribution is -0.116. The van der Waals surface area contributed by atoms with Gasteiger partial charge in [-0.25, -0.2) is 9.78 Å². The number of thiophene rings is 2. The highest BCUT2D eigenvalue weighted by Gasteiger charge is 2.21. The number of benzene rings is 1. The maximum Gasteiger partial charge on any atom is 0.341 e. The first-order chi connectivity index (χ1) is 15.8. The van der Waals surface area contributed by atoms with Gasteiger partial charge in [0.2, 0.25) is 5.91 Å². The van der Waals surface area contributed by atoms with Crippen molar-refractivity contribution in [3.05, 3.63) is 68.6 Å². The standard InChI is InChI=1S/C24H23N3O4S2/c1-5-31-24(30)17-11-18(16-9-7-6-8-10-16)33-21(17)26-19(28)12-27-15(4)25-22-20(23(27)29)13(2)14(3)32-22/h6-11H,5,12H2,1-4H3,(H,26,28). The van der Waals surface area contributed by atoms with Crippen LogP contribution in [0.3, 0.4) is 0 Å². The summed E-state index contributed by atoms with van der Waals surface area (Å²) in [6, 6.07) is 11.3. The molecule has 3 heterocycles. The molecular weight excluding hydrogens is 458 g/mol. The number of nitrogens with zero attached hydrogens (tertiary/aromatic N) is 2. The van der Waals surface area contributed by atoms with E-state index < -0.39 is 11.9 Å². The van der Waals surface area contributed by atoms with Crippen LogP contribution in [0.4, 0.5) is 5.00 Å². The largest absolute Gasteiger partial charge is 0.462 e. The summed E-state index contributed by atoms with van der Waals surface area (Å²) in [6.45, 7) is 7.30. The second-order valence-electron chi connectivity index (χ2n) is 7.50. The summed E-state index contributed by atoms with van der Waals surface area (Å²) in [4.78, 5) is 45.6. The molecule has 0 fully saturated rings. The Morgan fingerprint density at radius 2 is 1.85 bits per heavy atom. The number of anilines is 1. The zero-order valence-electron chi connectivity index (χ0n) is 18.7. The second-order valence-corrected chi connectivity index (χ2v) is 9.76. The van der Waals surface area contributed by atoms with Crippen LogP contribution in [0.2, 0.25) is 0 Å². The average Bonchev–Trinajstić information content (AvgIpc) is 3.32. The third-order valence-electron chi connectivity index (χ3n) is 5.32. The SMILES string of the molecule is CCOC(=O)c1cc(-c2ccccc2)sc1NC(=O)Cn1c(C)nc2sc(C)c(C)c2c1=O. The molecule has 0 atom stereocenters. The number of aromatic nitrogens is 2. The Morgan fingerprint density at radius 1 is 1.12 bits per heavy atom. The van der Waals surface area contributed by atoms with Crippen LogP contribution >= 0.6 is 22.7 Å². The van der Waals surface area contributed by atoms with Crippen molar-refractivity contribution < 1.29 is 14.3 Å². The van der Waals surface area contributed by atoms with E-state index in [0.717, 1.165) is 20.9 Å². The van der Waals surface area contributed by atoms with Crippen molar-refractivity contribution in [2.75, 3.05) is 11.9 Å². The van der Waals surface area contributed by atoms with Crippen LogP contribution in [0.25, 0.3) is 20.7 Å². The molecule has 0 spiro atoms. The van der Waals surface area contributed by atoms with Crippen LogP contribution in [0, 0.1) is 20.8 Å². The Morgan fingerprint density at radius 3 is 2.55 bits per heavy atom. The Balaban J connectivity index is 1.66. The van der Waals surface area contributed by atoms with Crippen molar-refractivity contribution in [2.24, 2.45) is 0 Å². The minimum atomic E-state index is -0.507. The summed E-state index contributed by atoms with van der Waals surface area (Å²) in [6.07, 6.45) is 0. The summed E-state index contributed by atoms with van der Waals surface area (Å²) in [5.41, 5.74) is 1.86. The van der Waals surface area contributed by atoms with E-state index in [0.29, 0.717) is 21.0 Å². The molecule has 0 bridgehead atoms. The normalized spacial score (nSPS) is 11.0. The molecule has 170 valence electrons. The van der Waals surface area contributed by atoms with Crippen molar-refractivity contribution in [3.8, 4) is 10.4 Å². The molecule has 1 amide bonds. The number of nitrogens with one attached hydrogen (secondary N) is 1. The third-order valence-corrected chi connectivity index (χ3v) is 7.52. The number of carbonyl (C=O) groups is 2. The summed E-state index contributed by atoms with van der Waals surface area (Å²) < 4.78 is 6.54. The first kappa shape index (κ1) is 22.9. The number of hydrogen-bond donors (Lipinski definition) is 1. The van der Waals surface area contributed by atoms with E-state index in [1.807, 2.05) is 44.2 Å². The quantitative estimate of drug-likeness (QED) is 0.395. The topological polar surface area (TPSA) is 90.3 Å².